The maximum absolute atomic E-state index is 12.4. The van der Waals surface area contributed by atoms with E-state index >= 15 is 0 Å². The number of hydrogen-bond acceptors (Lipinski definition) is 3. The predicted molar refractivity (Wildman–Crippen MR) is 120 cm³/mol. The number of carbonyl (C=O) groups is 3. The minimum atomic E-state index is -0.418. The Labute approximate surface area is 187 Å². The third kappa shape index (κ3) is 4.67. The maximum atomic E-state index is 12.4. The molecule has 2 saturated heterocycles. The van der Waals surface area contributed by atoms with E-state index < -0.39 is 5.92 Å². The van der Waals surface area contributed by atoms with E-state index in [1.165, 1.54) is 0 Å². The quantitative estimate of drug-likeness (QED) is 0.705. The molecule has 2 aliphatic rings. The van der Waals surface area contributed by atoms with Crippen LogP contribution in [0, 0.1) is 5.41 Å². The van der Waals surface area contributed by atoms with Gasteiger partial charge in [-0.2, -0.15) is 0 Å². The number of likely N-dealkylation sites (tertiary alicyclic amines) is 1. The molecule has 2 heterocycles. The molecule has 162 valence electrons. The van der Waals surface area contributed by atoms with E-state index in [2.05, 4.69) is 19.2 Å². The van der Waals surface area contributed by atoms with Crippen molar-refractivity contribution in [2.75, 3.05) is 6.54 Å². The Balaban J connectivity index is 1.51. The van der Waals surface area contributed by atoms with Gasteiger partial charge in [-0.05, 0) is 34.9 Å². The minimum Gasteiger partial charge on any atom is -0.338 e. The molecule has 2 aromatic rings. The van der Waals surface area contributed by atoms with E-state index in [0.29, 0.717) is 30.8 Å². The number of hydrogen-bond donors (Lipinski definition) is 1. The van der Waals surface area contributed by atoms with Gasteiger partial charge in [0, 0.05) is 31.5 Å². The normalized spacial score (nSPS) is 21.2. The number of rotatable bonds is 4. The molecule has 0 aromatic heterocycles. The van der Waals surface area contributed by atoms with Crippen LogP contribution in [0.4, 0.5) is 0 Å². The van der Waals surface area contributed by atoms with Gasteiger partial charge in [0.15, 0.2) is 0 Å². The summed E-state index contributed by atoms with van der Waals surface area (Å²) in [5.74, 6) is -0.737. The molecular weight excluding hydrogens is 412 g/mol. The molecule has 2 aromatic carbocycles. The van der Waals surface area contributed by atoms with Gasteiger partial charge in [-0.15, -0.1) is 0 Å². The first kappa shape index (κ1) is 21.6. The summed E-state index contributed by atoms with van der Waals surface area (Å²) in [5.41, 5.74) is 3.71. The molecule has 3 amide bonds. The molecule has 2 fully saturated rings. The number of halogens is 1. The van der Waals surface area contributed by atoms with Crippen LogP contribution in [-0.4, -0.2) is 29.2 Å². The molecule has 1 unspecified atom stereocenters. The van der Waals surface area contributed by atoms with Crippen molar-refractivity contribution in [3.05, 3.63) is 58.6 Å². The zero-order chi connectivity index (χ0) is 22.2. The number of benzene rings is 2. The van der Waals surface area contributed by atoms with Crippen molar-refractivity contribution in [2.45, 2.75) is 52.0 Å². The first-order valence-electron chi connectivity index (χ1n) is 10.7. The summed E-state index contributed by atoms with van der Waals surface area (Å²) in [4.78, 5) is 38.1. The molecule has 0 spiro atoms. The van der Waals surface area contributed by atoms with Gasteiger partial charge in [-0.25, -0.2) is 0 Å². The van der Waals surface area contributed by atoms with Crippen molar-refractivity contribution in [2.24, 2.45) is 5.41 Å². The summed E-state index contributed by atoms with van der Waals surface area (Å²) in [7, 11) is 0. The SMILES string of the molecule is CC1(C)CCN(Cc2ccc(-c3cccc(C4CCC(=O)NC4=O)c3Cl)cc2)C(=O)C1. The van der Waals surface area contributed by atoms with E-state index in [0.717, 1.165) is 35.2 Å². The number of nitrogens with one attached hydrogen (secondary N) is 1. The highest BCUT2D eigenvalue weighted by atomic mass is 35.5. The van der Waals surface area contributed by atoms with Crippen molar-refractivity contribution < 1.29 is 14.4 Å². The monoisotopic (exact) mass is 438 g/mol. The minimum absolute atomic E-state index is 0.0851. The van der Waals surface area contributed by atoms with Gasteiger partial charge in [0.2, 0.25) is 17.7 Å². The first-order valence-corrected chi connectivity index (χ1v) is 11.1. The van der Waals surface area contributed by atoms with Gasteiger partial charge in [0.1, 0.15) is 0 Å². The topological polar surface area (TPSA) is 66.5 Å². The second-order valence-corrected chi connectivity index (χ2v) is 9.69. The molecule has 4 rings (SSSR count). The zero-order valence-electron chi connectivity index (χ0n) is 17.9. The Bertz CT molecular complexity index is 1030. The number of amides is 3. The fraction of sp³-hybridized carbons (Fsp3) is 0.400. The highest BCUT2D eigenvalue weighted by molar-refractivity contribution is 6.34. The summed E-state index contributed by atoms with van der Waals surface area (Å²) in [6.45, 7) is 5.68. The molecule has 0 aliphatic carbocycles. The second kappa shape index (κ2) is 8.46. The Kier molecular flexibility index (Phi) is 5.89. The maximum Gasteiger partial charge on any atom is 0.234 e. The van der Waals surface area contributed by atoms with E-state index in [-0.39, 0.29) is 23.1 Å². The summed E-state index contributed by atoms with van der Waals surface area (Å²) >= 11 is 6.70. The van der Waals surface area contributed by atoms with Crippen molar-refractivity contribution in [3.8, 4) is 11.1 Å². The smallest absolute Gasteiger partial charge is 0.234 e. The van der Waals surface area contributed by atoms with E-state index in [9.17, 15) is 14.4 Å². The highest BCUT2D eigenvalue weighted by Crippen LogP contribution is 2.37. The van der Waals surface area contributed by atoms with Crippen LogP contribution < -0.4 is 5.32 Å². The molecule has 31 heavy (non-hydrogen) atoms. The van der Waals surface area contributed by atoms with Crippen LogP contribution >= 0.6 is 11.6 Å². The van der Waals surface area contributed by atoms with Crippen molar-refractivity contribution in [1.82, 2.24) is 10.2 Å². The van der Waals surface area contributed by atoms with Gasteiger partial charge in [0.05, 0.1) is 10.9 Å². The lowest BCUT2D eigenvalue weighted by atomic mass is 9.82. The zero-order valence-corrected chi connectivity index (χ0v) is 18.7. The molecule has 0 saturated carbocycles. The van der Waals surface area contributed by atoms with Crippen LogP contribution in [0.1, 0.15) is 56.6 Å². The van der Waals surface area contributed by atoms with Crippen LogP contribution in [0.3, 0.4) is 0 Å². The number of piperidine rings is 2. The van der Waals surface area contributed by atoms with E-state index in [1.54, 1.807) is 0 Å². The third-order valence-corrected chi connectivity index (χ3v) is 6.74. The number of imide groups is 1. The van der Waals surface area contributed by atoms with Crippen LogP contribution in [-0.2, 0) is 20.9 Å². The third-order valence-electron chi connectivity index (χ3n) is 6.32. The largest absolute Gasteiger partial charge is 0.338 e. The first-order chi connectivity index (χ1) is 14.7. The van der Waals surface area contributed by atoms with E-state index in [4.69, 9.17) is 11.6 Å². The van der Waals surface area contributed by atoms with Crippen molar-refractivity contribution in [1.29, 1.82) is 0 Å². The molecule has 5 nitrogen and oxygen atoms in total. The molecule has 0 bridgehead atoms. The molecule has 2 aliphatic heterocycles. The van der Waals surface area contributed by atoms with E-state index in [1.807, 2.05) is 47.4 Å². The Morgan fingerprint density at radius 1 is 1.10 bits per heavy atom. The summed E-state index contributed by atoms with van der Waals surface area (Å²) in [6.07, 6.45) is 2.39. The Morgan fingerprint density at radius 3 is 2.52 bits per heavy atom. The number of carbonyl (C=O) groups excluding carboxylic acids is 3. The van der Waals surface area contributed by atoms with Crippen molar-refractivity contribution >= 4 is 29.3 Å². The number of nitrogens with zero attached hydrogens (tertiary/aromatic N) is 1. The lowest BCUT2D eigenvalue weighted by Gasteiger charge is -2.36. The van der Waals surface area contributed by atoms with Crippen LogP contribution in [0.25, 0.3) is 11.1 Å². The molecule has 6 heteroatoms. The fourth-order valence-corrected chi connectivity index (χ4v) is 4.75. The van der Waals surface area contributed by atoms with Gasteiger partial charge in [-0.3, -0.25) is 19.7 Å². The van der Waals surface area contributed by atoms with Gasteiger partial charge < -0.3 is 4.90 Å². The summed E-state index contributed by atoms with van der Waals surface area (Å²) < 4.78 is 0. The molecule has 0 radical (unpaired) electrons. The molecule has 1 atom stereocenters. The van der Waals surface area contributed by atoms with Gasteiger partial charge in [0.25, 0.3) is 0 Å². The summed E-state index contributed by atoms with van der Waals surface area (Å²) in [6, 6.07) is 13.7. The van der Waals surface area contributed by atoms with Gasteiger partial charge >= 0.3 is 0 Å². The lowest BCUT2D eigenvalue weighted by Crippen LogP contribution is -2.41. The summed E-state index contributed by atoms with van der Waals surface area (Å²) in [5, 5.41) is 2.94. The Hall–Kier alpha value is -2.66. The van der Waals surface area contributed by atoms with Crippen LogP contribution in [0.5, 0.6) is 0 Å². The highest BCUT2D eigenvalue weighted by Gasteiger charge is 2.31. The lowest BCUT2D eigenvalue weighted by molar-refractivity contribution is -0.138. The molecule has 1 N–H and O–H groups in total. The van der Waals surface area contributed by atoms with Crippen LogP contribution in [0.15, 0.2) is 42.5 Å². The predicted octanol–water partition coefficient (Wildman–Crippen LogP) is 4.68. The average molecular weight is 439 g/mol. The molecular formula is C25H27ClN2O3. The van der Waals surface area contributed by atoms with Crippen molar-refractivity contribution in [3.63, 3.8) is 0 Å². The average Bonchev–Trinajstić information content (AvgIpc) is 2.71. The Morgan fingerprint density at radius 2 is 1.84 bits per heavy atom. The standard InChI is InChI=1S/C25H27ClN2O3/c1-25(2)12-13-28(22(30)14-25)15-16-6-8-17(9-7-16)18-4-3-5-19(23(18)26)20-10-11-21(29)27-24(20)31/h3-9,20H,10-15H2,1-2H3,(H,27,29,31). The van der Waals surface area contributed by atoms with Crippen LogP contribution in [0.2, 0.25) is 5.02 Å². The fourth-order valence-electron chi connectivity index (χ4n) is 4.38. The second-order valence-electron chi connectivity index (χ2n) is 9.32. The van der Waals surface area contributed by atoms with Gasteiger partial charge in [-0.1, -0.05) is 67.9 Å².